The number of esters is 1. The lowest BCUT2D eigenvalue weighted by Crippen LogP contribution is -2.56. The summed E-state index contributed by atoms with van der Waals surface area (Å²) in [4.78, 5) is 25.8. The van der Waals surface area contributed by atoms with Crippen molar-refractivity contribution in [2.24, 2.45) is 17.3 Å². The lowest BCUT2D eigenvalue weighted by Gasteiger charge is -2.58. The zero-order valence-corrected chi connectivity index (χ0v) is 19.7. The summed E-state index contributed by atoms with van der Waals surface area (Å²) < 4.78 is 31.3. The molecule has 6 nitrogen and oxygen atoms in total. The van der Waals surface area contributed by atoms with E-state index in [9.17, 15) is 18.0 Å². The van der Waals surface area contributed by atoms with E-state index in [1.165, 1.54) is 0 Å². The Kier molecular flexibility index (Phi) is 4.91. The smallest absolute Gasteiger partial charge is 0.312 e. The van der Waals surface area contributed by atoms with Gasteiger partial charge in [-0.15, -0.1) is 11.6 Å². The minimum Gasteiger partial charge on any atom is -0.457 e. The molecule has 170 valence electrons. The number of aromatic nitrogens is 1. The first-order valence-corrected chi connectivity index (χ1v) is 13.5. The number of ether oxygens (including phenoxy) is 1. The number of nitrogens with zero attached hydrogens (tertiary/aromatic N) is 1. The van der Waals surface area contributed by atoms with Crippen molar-refractivity contribution in [3.8, 4) is 0 Å². The molecule has 4 aliphatic carbocycles. The second kappa shape index (κ2) is 7.08. The van der Waals surface area contributed by atoms with Crippen LogP contribution in [0.15, 0.2) is 6.07 Å². The van der Waals surface area contributed by atoms with E-state index < -0.39 is 15.3 Å². The molecule has 0 unspecified atom stereocenters. The number of halogens is 1. The van der Waals surface area contributed by atoms with Gasteiger partial charge >= 0.3 is 5.97 Å². The molecular weight excluding hydrogens is 438 g/mol. The summed E-state index contributed by atoms with van der Waals surface area (Å²) in [6.07, 6.45) is 6.01. The molecule has 1 saturated heterocycles. The van der Waals surface area contributed by atoms with Gasteiger partial charge in [0, 0.05) is 27.9 Å². The predicted octanol–water partition coefficient (Wildman–Crippen LogP) is 3.77. The number of carbonyl (C=O) groups is 2. The fourth-order valence-corrected chi connectivity index (χ4v) is 9.74. The van der Waals surface area contributed by atoms with Crippen molar-refractivity contribution >= 4 is 33.2 Å². The Morgan fingerprint density at radius 3 is 2.45 bits per heavy atom. The molecule has 4 bridgehead atoms. The van der Waals surface area contributed by atoms with Crippen LogP contribution in [0.1, 0.15) is 72.7 Å². The summed E-state index contributed by atoms with van der Waals surface area (Å²) in [6, 6.07) is 1.65. The van der Waals surface area contributed by atoms with Gasteiger partial charge in [-0.25, -0.2) is 8.42 Å². The van der Waals surface area contributed by atoms with Gasteiger partial charge in [0.1, 0.15) is 0 Å². The van der Waals surface area contributed by atoms with Gasteiger partial charge < -0.3 is 9.30 Å². The van der Waals surface area contributed by atoms with Crippen molar-refractivity contribution in [1.29, 1.82) is 0 Å². The highest BCUT2D eigenvalue weighted by Crippen LogP contribution is 2.64. The number of aryl methyl sites for hydroxylation is 1. The molecule has 0 aromatic carbocycles. The lowest BCUT2D eigenvalue weighted by atomic mass is 9.49. The van der Waals surface area contributed by atoms with Gasteiger partial charge in [0.2, 0.25) is 5.78 Å². The first-order chi connectivity index (χ1) is 14.5. The Bertz CT molecular complexity index is 1040. The van der Waals surface area contributed by atoms with Gasteiger partial charge in [-0.05, 0) is 76.7 Å². The number of alkyl halides is 1. The van der Waals surface area contributed by atoms with Gasteiger partial charge in [-0.2, -0.15) is 0 Å². The Balaban J connectivity index is 1.28. The number of ketones is 1. The van der Waals surface area contributed by atoms with Crippen LogP contribution in [-0.2, 0) is 19.4 Å². The maximum Gasteiger partial charge on any atom is 0.312 e. The van der Waals surface area contributed by atoms with E-state index in [1.54, 1.807) is 6.07 Å². The first kappa shape index (κ1) is 21.5. The molecule has 0 radical (unpaired) electrons. The van der Waals surface area contributed by atoms with Crippen LogP contribution < -0.4 is 0 Å². The van der Waals surface area contributed by atoms with Crippen molar-refractivity contribution in [2.75, 3.05) is 18.1 Å². The van der Waals surface area contributed by atoms with Crippen LogP contribution in [0.4, 0.5) is 0 Å². The normalized spacial score (nSPS) is 37.8. The molecular formula is C23H30ClNO5S. The highest BCUT2D eigenvalue weighted by atomic mass is 35.5. The number of hydrogen-bond donors (Lipinski definition) is 0. The maximum absolute atomic E-state index is 13.1. The molecule has 3 atom stereocenters. The van der Waals surface area contributed by atoms with Crippen LogP contribution in [0.2, 0.25) is 0 Å². The van der Waals surface area contributed by atoms with Gasteiger partial charge in [0.05, 0.1) is 16.9 Å². The van der Waals surface area contributed by atoms with Crippen LogP contribution in [0.25, 0.3) is 0 Å². The van der Waals surface area contributed by atoms with Crippen LogP contribution >= 0.6 is 11.6 Å². The number of sulfone groups is 1. The minimum atomic E-state index is -3.02. The quantitative estimate of drug-likeness (QED) is 0.374. The van der Waals surface area contributed by atoms with E-state index >= 15 is 0 Å². The molecule has 4 saturated carbocycles. The lowest BCUT2D eigenvalue weighted by molar-refractivity contribution is -0.168. The second-order valence-electron chi connectivity index (χ2n) is 10.6. The molecule has 0 spiro atoms. The molecule has 2 heterocycles. The van der Waals surface area contributed by atoms with Crippen LogP contribution in [-0.4, -0.2) is 47.7 Å². The Morgan fingerprint density at radius 2 is 1.87 bits per heavy atom. The molecule has 5 fully saturated rings. The van der Waals surface area contributed by atoms with Crippen molar-refractivity contribution in [3.05, 3.63) is 23.0 Å². The average Bonchev–Trinajstić information content (AvgIpc) is 3.15. The fraction of sp³-hybridized carbons (Fsp3) is 0.739. The van der Waals surface area contributed by atoms with Crippen molar-refractivity contribution in [2.45, 2.75) is 69.7 Å². The van der Waals surface area contributed by atoms with Gasteiger partial charge in [-0.3, -0.25) is 9.59 Å². The summed E-state index contributed by atoms with van der Waals surface area (Å²) in [5.74, 6) is 0.764. The van der Waals surface area contributed by atoms with E-state index in [4.69, 9.17) is 16.3 Å². The van der Waals surface area contributed by atoms with Gasteiger partial charge in [0.15, 0.2) is 16.4 Å². The monoisotopic (exact) mass is 467 g/mol. The summed E-state index contributed by atoms with van der Waals surface area (Å²) in [5, 5.41) is 0. The SMILES string of the molecule is Cc1cc(C(=O)COC(=O)C23C[C@@H]4C[C@H](CC(Cl)(C4)C2)C3)c(C)n1[C@H]1CCS(=O)(=O)C1. The first-order valence-electron chi connectivity index (χ1n) is 11.3. The zero-order chi connectivity index (χ0) is 22.2. The minimum absolute atomic E-state index is 0.108. The molecule has 6 rings (SSSR count). The highest BCUT2D eigenvalue weighted by Gasteiger charge is 2.60. The van der Waals surface area contributed by atoms with Crippen molar-refractivity contribution in [1.82, 2.24) is 4.57 Å². The fourth-order valence-electron chi connectivity index (χ4n) is 7.35. The van der Waals surface area contributed by atoms with E-state index in [0.29, 0.717) is 30.2 Å². The number of carbonyl (C=O) groups excluding carboxylic acids is 2. The number of Topliss-reactive ketones (excluding diaryl/α,β-unsaturated/α-hetero) is 1. The Hall–Kier alpha value is -1.34. The van der Waals surface area contributed by atoms with E-state index in [-0.39, 0.29) is 40.8 Å². The van der Waals surface area contributed by atoms with Gasteiger partial charge in [-0.1, -0.05) is 0 Å². The van der Waals surface area contributed by atoms with E-state index in [2.05, 4.69) is 0 Å². The van der Waals surface area contributed by atoms with Crippen LogP contribution in [0.5, 0.6) is 0 Å². The molecule has 0 amide bonds. The Morgan fingerprint density at radius 1 is 1.19 bits per heavy atom. The molecule has 0 N–H and O–H groups in total. The molecule has 1 aromatic rings. The summed E-state index contributed by atoms with van der Waals surface area (Å²) >= 11 is 6.83. The Labute approximate surface area is 188 Å². The highest BCUT2D eigenvalue weighted by molar-refractivity contribution is 7.91. The van der Waals surface area contributed by atoms with Crippen molar-refractivity contribution < 1.29 is 22.7 Å². The van der Waals surface area contributed by atoms with Crippen LogP contribution in [0.3, 0.4) is 0 Å². The average molecular weight is 468 g/mol. The molecule has 31 heavy (non-hydrogen) atoms. The molecule has 1 aromatic heterocycles. The third-order valence-corrected chi connectivity index (χ3v) is 10.3. The largest absolute Gasteiger partial charge is 0.457 e. The summed E-state index contributed by atoms with van der Waals surface area (Å²) in [6.45, 7) is 3.44. The molecule has 5 aliphatic rings. The summed E-state index contributed by atoms with van der Waals surface area (Å²) in [7, 11) is -3.02. The number of hydrogen-bond acceptors (Lipinski definition) is 5. The van der Waals surface area contributed by atoms with E-state index in [1.807, 2.05) is 18.4 Å². The molecule has 1 aliphatic heterocycles. The summed E-state index contributed by atoms with van der Waals surface area (Å²) in [5.41, 5.74) is 1.59. The van der Waals surface area contributed by atoms with Gasteiger partial charge in [0.25, 0.3) is 0 Å². The predicted molar refractivity (Wildman–Crippen MR) is 117 cm³/mol. The standard InChI is InChI=1S/C23H30ClNO5S/c1-14-5-19(15(2)25(14)18-3-4-31(28,29)12-18)20(26)11-30-21(27)22-7-16-6-17(8-22)10-23(24,9-16)13-22/h5,16-18H,3-4,6-13H2,1-2H3/t16-,17-,18-,22?,23?/m0/s1. The third kappa shape index (κ3) is 3.65. The zero-order valence-electron chi connectivity index (χ0n) is 18.2. The maximum atomic E-state index is 13.1. The molecule has 8 heteroatoms. The topological polar surface area (TPSA) is 82.4 Å². The van der Waals surface area contributed by atoms with Crippen molar-refractivity contribution in [3.63, 3.8) is 0 Å². The van der Waals surface area contributed by atoms with E-state index in [0.717, 1.165) is 43.5 Å². The number of rotatable bonds is 5. The third-order valence-electron chi connectivity index (χ3n) is 8.12. The van der Waals surface area contributed by atoms with Crippen LogP contribution in [0, 0.1) is 31.1 Å². The second-order valence-corrected chi connectivity index (χ2v) is 13.6.